The van der Waals surface area contributed by atoms with Gasteiger partial charge in [-0.25, -0.2) is 4.79 Å². The monoisotopic (exact) mass is 480 g/mol. The summed E-state index contributed by atoms with van der Waals surface area (Å²) in [7, 11) is 4.24. The second-order valence-electron chi connectivity index (χ2n) is 7.51. The zero-order valence-electron chi connectivity index (χ0n) is 18.2. The fraction of sp³-hybridized carbons (Fsp3) is 0.391. The number of hydrogen-bond donors (Lipinski definition) is 1. The molecule has 3 rings (SSSR count). The summed E-state index contributed by atoms with van der Waals surface area (Å²) in [4.78, 5) is 27.5. The summed E-state index contributed by atoms with van der Waals surface area (Å²) in [5.41, 5.74) is 1.35. The number of carbonyl (C=O) groups excluding carboxylic acids is 2. The maximum atomic E-state index is 13.1. The van der Waals surface area contributed by atoms with E-state index < -0.39 is 5.97 Å². The number of likely N-dealkylation sites (tertiary alicyclic amines) is 1. The minimum atomic E-state index is -0.583. The van der Waals surface area contributed by atoms with Crippen molar-refractivity contribution >= 4 is 40.8 Å². The number of ether oxygens (including phenoxy) is 3. The Bertz CT molecular complexity index is 978. The number of nitrogens with one attached hydrogen (secondary N) is 1. The first-order valence-corrected chi connectivity index (χ1v) is 10.9. The fourth-order valence-corrected chi connectivity index (χ4v) is 4.33. The highest BCUT2D eigenvalue weighted by Gasteiger charge is 2.28. The number of esters is 1. The van der Waals surface area contributed by atoms with Crippen molar-refractivity contribution < 1.29 is 23.8 Å². The van der Waals surface area contributed by atoms with E-state index in [4.69, 9.17) is 37.4 Å². The van der Waals surface area contributed by atoms with E-state index in [1.165, 1.54) is 27.4 Å². The lowest BCUT2D eigenvalue weighted by atomic mass is 9.96. The molecule has 1 heterocycles. The molecule has 0 saturated carbocycles. The number of amides is 1. The van der Waals surface area contributed by atoms with Crippen LogP contribution in [0.25, 0.3) is 0 Å². The molecule has 0 bridgehead atoms. The third kappa shape index (κ3) is 5.46. The third-order valence-corrected chi connectivity index (χ3v) is 6.21. The summed E-state index contributed by atoms with van der Waals surface area (Å²) in [5, 5.41) is 4.09. The molecule has 7 nitrogen and oxygen atoms in total. The highest BCUT2D eigenvalue weighted by molar-refractivity contribution is 6.35. The molecule has 1 fully saturated rings. The van der Waals surface area contributed by atoms with Crippen LogP contribution in [0.1, 0.15) is 28.8 Å². The van der Waals surface area contributed by atoms with Crippen molar-refractivity contribution in [3.05, 3.63) is 51.5 Å². The van der Waals surface area contributed by atoms with Gasteiger partial charge in [0.15, 0.2) is 11.5 Å². The SMILES string of the molecule is COC(=O)c1cc(OC)c(OC)cc1NC(=O)C1CCCN(Cc2c(Cl)cccc2Cl)C1. The smallest absolute Gasteiger partial charge is 0.340 e. The molecule has 0 radical (unpaired) electrons. The van der Waals surface area contributed by atoms with Crippen LogP contribution in [0.4, 0.5) is 5.69 Å². The molecule has 172 valence electrons. The van der Waals surface area contributed by atoms with E-state index in [-0.39, 0.29) is 17.4 Å². The van der Waals surface area contributed by atoms with Gasteiger partial charge in [-0.15, -0.1) is 0 Å². The summed E-state index contributed by atoms with van der Waals surface area (Å²) < 4.78 is 15.4. The average Bonchev–Trinajstić information content (AvgIpc) is 2.80. The molecule has 1 amide bonds. The van der Waals surface area contributed by atoms with Crippen LogP contribution >= 0.6 is 23.2 Å². The number of nitrogens with zero attached hydrogens (tertiary/aromatic N) is 1. The maximum Gasteiger partial charge on any atom is 0.340 e. The van der Waals surface area contributed by atoms with E-state index in [1.807, 2.05) is 18.2 Å². The minimum absolute atomic E-state index is 0.183. The molecular formula is C23H26Cl2N2O5. The highest BCUT2D eigenvalue weighted by Crippen LogP contribution is 2.34. The predicted octanol–water partition coefficient (Wildman–Crippen LogP) is 4.65. The lowest BCUT2D eigenvalue weighted by Crippen LogP contribution is -2.40. The van der Waals surface area contributed by atoms with E-state index >= 15 is 0 Å². The summed E-state index contributed by atoms with van der Waals surface area (Å²) in [6.07, 6.45) is 1.59. The normalized spacial score (nSPS) is 16.3. The molecule has 1 atom stereocenters. The molecule has 32 heavy (non-hydrogen) atoms. The number of halogens is 2. The first-order chi connectivity index (χ1) is 15.4. The van der Waals surface area contributed by atoms with E-state index in [0.717, 1.165) is 24.9 Å². The topological polar surface area (TPSA) is 77.1 Å². The number of anilines is 1. The van der Waals surface area contributed by atoms with Gasteiger partial charge in [-0.2, -0.15) is 0 Å². The van der Waals surface area contributed by atoms with Crippen molar-refractivity contribution in [3.8, 4) is 11.5 Å². The van der Waals surface area contributed by atoms with Gasteiger partial charge in [-0.3, -0.25) is 9.69 Å². The quantitative estimate of drug-likeness (QED) is 0.581. The van der Waals surface area contributed by atoms with Gasteiger partial charge in [0.05, 0.1) is 38.5 Å². The molecule has 2 aromatic carbocycles. The third-order valence-electron chi connectivity index (χ3n) is 5.51. The number of carbonyl (C=O) groups is 2. The van der Waals surface area contributed by atoms with Crippen molar-refractivity contribution in [2.45, 2.75) is 19.4 Å². The molecule has 9 heteroatoms. The van der Waals surface area contributed by atoms with Gasteiger partial charge in [0, 0.05) is 40.8 Å². The van der Waals surface area contributed by atoms with Crippen LogP contribution in [-0.2, 0) is 16.1 Å². The van der Waals surface area contributed by atoms with Crippen LogP contribution < -0.4 is 14.8 Å². The number of methoxy groups -OCH3 is 3. The lowest BCUT2D eigenvalue weighted by molar-refractivity contribution is -0.121. The fourth-order valence-electron chi connectivity index (χ4n) is 3.82. The predicted molar refractivity (Wildman–Crippen MR) is 124 cm³/mol. The van der Waals surface area contributed by atoms with E-state index in [2.05, 4.69) is 10.2 Å². The summed E-state index contributed by atoms with van der Waals surface area (Å²) in [6.45, 7) is 1.95. The van der Waals surface area contributed by atoms with Crippen LogP contribution in [0.5, 0.6) is 11.5 Å². The van der Waals surface area contributed by atoms with Crippen LogP contribution in [0.3, 0.4) is 0 Å². The Balaban J connectivity index is 1.77. The van der Waals surface area contributed by atoms with Crippen LogP contribution in [0.2, 0.25) is 10.0 Å². The molecule has 1 aliphatic heterocycles. The van der Waals surface area contributed by atoms with Crippen LogP contribution in [-0.4, -0.2) is 51.2 Å². The molecule has 1 unspecified atom stereocenters. The largest absolute Gasteiger partial charge is 0.493 e. The van der Waals surface area contributed by atoms with Crippen molar-refractivity contribution in [1.29, 1.82) is 0 Å². The Morgan fingerprint density at radius 2 is 1.75 bits per heavy atom. The van der Waals surface area contributed by atoms with Gasteiger partial charge in [0.25, 0.3) is 0 Å². The Kier molecular flexibility index (Phi) is 8.23. The lowest BCUT2D eigenvalue weighted by Gasteiger charge is -2.32. The highest BCUT2D eigenvalue weighted by atomic mass is 35.5. The van der Waals surface area contributed by atoms with E-state index in [0.29, 0.717) is 40.3 Å². The van der Waals surface area contributed by atoms with Crippen LogP contribution in [0.15, 0.2) is 30.3 Å². The maximum absolute atomic E-state index is 13.1. The van der Waals surface area contributed by atoms with Gasteiger partial charge in [-0.05, 0) is 31.5 Å². The van der Waals surface area contributed by atoms with Gasteiger partial charge < -0.3 is 19.5 Å². The van der Waals surface area contributed by atoms with E-state index in [9.17, 15) is 9.59 Å². The first kappa shape index (κ1) is 24.2. The number of hydrogen-bond acceptors (Lipinski definition) is 6. The van der Waals surface area contributed by atoms with Gasteiger partial charge in [0.2, 0.25) is 5.91 Å². The standard InChI is InChI=1S/C23H26Cl2N2O5/c1-30-20-10-15(23(29)32-3)19(11-21(20)31-2)26-22(28)14-6-5-9-27(12-14)13-16-17(24)7-4-8-18(16)25/h4,7-8,10-11,14H,5-6,9,12-13H2,1-3H3,(H,26,28). The number of piperidine rings is 1. The zero-order chi connectivity index (χ0) is 23.3. The van der Waals surface area contributed by atoms with Crippen LogP contribution in [0, 0.1) is 5.92 Å². The Labute approximate surface area is 197 Å². The summed E-state index contributed by atoms with van der Waals surface area (Å²) in [5.74, 6) is -0.263. The second-order valence-corrected chi connectivity index (χ2v) is 8.32. The summed E-state index contributed by atoms with van der Waals surface area (Å²) >= 11 is 12.6. The Hall–Kier alpha value is -2.48. The molecule has 2 aromatic rings. The first-order valence-electron chi connectivity index (χ1n) is 10.2. The van der Waals surface area contributed by atoms with Crippen molar-refractivity contribution in [2.24, 2.45) is 5.92 Å². The van der Waals surface area contributed by atoms with Gasteiger partial charge >= 0.3 is 5.97 Å². The number of benzene rings is 2. The van der Waals surface area contributed by atoms with Crippen molar-refractivity contribution in [2.75, 3.05) is 39.7 Å². The molecule has 0 spiro atoms. The average molecular weight is 481 g/mol. The van der Waals surface area contributed by atoms with Crippen molar-refractivity contribution in [1.82, 2.24) is 4.90 Å². The number of rotatable bonds is 7. The molecule has 0 aliphatic carbocycles. The second kappa shape index (κ2) is 10.9. The Morgan fingerprint density at radius 1 is 1.09 bits per heavy atom. The van der Waals surface area contributed by atoms with Crippen molar-refractivity contribution in [3.63, 3.8) is 0 Å². The zero-order valence-corrected chi connectivity index (χ0v) is 19.8. The van der Waals surface area contributed by atoms with Gasteiger partial charge in [0.1, 0.15) is 0 Å². The molecule has 0 aromatic heterocycles. The molecule has 1 N–H and O–H groups in total. The molecule has 1 saturated heterocycles. The minimum Gasteiger partial charge on any atom is -0.493 e. The van der Waals surface area contributed by atoms with Gasteiger partial charge in [-0.1, -0.05) is 29.3 Å². The molecule has 1 aliphatic rings. The summed E-state index contributed by atoms with van der Waals surface area (Å²) in [6, 6.07) is 8.48. The Morgan fingerprint density at radius 3 is 2.38 bits per heavy atom. The molecular weight excluding hydrogens is 455 g/mol. The van der Waals surface area contributed by atoms with E-state index in [1.54, 1.807) is 6.07 Å².